The molecule has 4 nitrogen and oxygen atoms in total. The van der Waals surface area contributed by atoms with E-state index < -0.39 is 0 Å². The van der Waals surface area contributed by atoms with Crippen LogP contribution in [-0.4, -0.2) is 35.5 Å². The fourth-order valence-electron chi connectivity index (χ4n) is 1.70. The molecule has 0 aromatic carbocycles. The van der Waals surface area contributed by atoms with Crippen molar-refractivity contribution in [2.75, 3.05) is 26.0 Å². The van der Waals surface area contributed by atoms with Crippen LogP contribution in [0.5, 0.6) is 0 Å². The van der Waals surface area contributed by atoms with Crippen LogP contribution in [0.2, 0.25) is 0 Å². The predicted molar refractivity (Wildman–Crippen MR) is 89.6 cm³/mol. The third-order valence-corrected chi connectivity index (χ3v) is 3.63. The SMILES string of the molecule is CCCNc1nc(CN(C)C)nc(C(C)(C)C)c1I. The molecule has 0 bridgehead atoms. The van der Waals surface area contributed by atoms with E-state index in [1.165, 1.54) is 0 Å². The van der Waals surface area contributed by atoms with Crippen molar-refractivity contribution >= 4 is 28.4 Å². The lowest BCUT2D eigenvalue weighted by atomic mass is 9.92. The summed E-state index contributed by atoms with van der Waals surface area (Å²) in [6, 6.07) is 0. The van der Waals surface area contributed by atoms with Gasteiger partial charge in [0.25, 0.3) is 0 Å². The molecule has 0 radical (unpaired) electrons. The van der Waals surface area contributed by atoms with Crippen LogP contribution in [0.4, 0.5) is 5.82 Å². The van der Waals surface area contributed by atoms with Crippen LogP contribution in [0.25, 0.3) is 0 Å². The van der Waals surface area contributed by atoms with Crippen LogP contribution in [0, 0.1) is 3.57 Å². The highest BCUT2D eigenvalue weighted by atomic mass is 127. The van der Waals surface area contributed by atoms with Gasteiger partial charge in [-0.2, -0.15) is 0 Å². The van der Waals surface area contributed by atoms with Crippen LogP contribution in [0.1, 0.15) is 45.6 Å². The smallest absolute Gasteiger partial charge is 0.145 e. The van der Waals surface area contributed by atoms with Crippen molar-refractivity contribution in [1.82, 2.24) is 14.9 Å². The number of rotatable bonds is 5. The molecule has 0 aliphatic heterocycles. The van der Waals surface area contributed by atoms with Crippen LogP contribution in [0.15, 0.2) is 0 Å². The molecule has 108 valence electrons. The highest BCUT2D eigenvalue weighted by Gasteiger charge is 2.23. The number of nitrogens with zero attached hydrogens (tertiary/aromatic N) is 3. The molecular weight excluding hydrogens is 351 g/mol. The zero-order valence-electron chi connectivity index (χ0n) is 12.8. The third-order valence-electron chi connectivity index (χ3n) is 2.61. The average Bonchev–Trinajstić information content (AvgIpc) is 2.27. The number of nitrogens with one attached hydrogen (secondary N) is 1. The van der Waals surface area contributed by atoms with E-state index in [4.69, 9.17) is 4.98 Å². The molecule has 1 N–H and O–H groups in total. The van der Waals surface area contributed by atoms with Crippen LogP contribution in [-0.2, 0) is 12.0 Å². The highest BCUT2D eigenvalue weighted by Crippen LogP contribution is 2.29. The lowest BCUT2D eigenvalue weighted by molar-refractivity contribution is 0.387. The average molecular weight is 376 g/mol. The maximum Gasteiger partial charge on any atom is 0.145 e. The van der Waals surface area contributed by atoms with Gasteiger partial charge in [-0.15, -0.1) is 0 Å². The summed E-state index contributed by atoms with van der Waals surface area (Å²) in [6.07, 6.45) is 1.09. The van der Waals surface area contributed by atoms with Crippen LogP contribution >= 0.6 is 22.6 Å². The minimum Gasteiger partial charge on any atom is -0.369 e. The second-order valence-corrected chi connectivity index (χ2v) is 7.14. The van der Waals surface area contributed by atoms with Crippen molar-refractivity contribution < 1.29 is 0 Å². The summed E-state index contributed by atoms with van der Waals surface area (Å²) < 4.78 is 1.14. The minimum absolute atomic E-state index is 0.0309. The Morgan fingerprint density at radius 2 is 1.84 bits per heavy atom. The molecule has 1 heterocycles. The zero-order valence-corrected chi connectivity index (χ0v) is 15.0. The first-order chi connectivity index (χ1) is 8.75. The zero-order chi connectivity index (χ0) is 14.6. The number of hydrogen-bond donors (Lipinski definition) is 1. The van der Waals surface area contributed by atoms with Gasteiger partial charge in [-0.25, -0.2) is 9.97 Å². The van der Waals surface area contributed by atoms with E-state index in [9.17, 15) is 0 Å². The molecule has 19 heavy (non-hydrogen) atoms. The lowest BCUT2D eigenvalue weighted by Gasteiger charge is -2.22. The first-order valence-electron chi connectivity index (χ1n) is 6.71. The van der Waals surface area contributed by atoms with Gasteiger partial charge in [0, 0.05) is 12.0 Å². The Morgan fingerprint density at radius 1 is 1.21 bits per heavy atom. The number of hydrogen-bond acceptors (Lipinski definition) is 4. The van der Waals surface area contributed by atoms with E-state index in [0.29, 0.717) is 0 Å². The molecule has 0 aliphatic rings. The maximum atomic E-state index is 4.75. The van der Waals surface area contributed by atoms with Gasteiger partial charge in [-0.3, -0.25) is 0 Å². The van der Waals surface area contributed by atoms with Crippen molar-refractivity contribution in [3.8, 4) is 0 Å². The molecular formula is C14H25IN4. The van der Waals surface area contributed by atoms with Crippen LogP contribution < -0.4 is 5.32 Å². The number of halogens is 1. The van der Waals surface area contributed by atoms with Gasteiger partial charge in [0.05, 0.1) is 15.8 Å². The maximum absolute atomic E-state index is 4.75. The first kappa shape index (κ1) is 16.6. The van der Waals surface area contributed by atoms with E-state index in [-0.39, 0.29) is 5.41 Å². The van der Waals surface area contributed by atoms with E-state index >= 15 is 0 Å². The highest BCUT2D eigenvalue weighted by molar-refractivity contribution is 14.1. The van der Waals surface area contributed by atoms with E-state index in [1.54, 1.807) is 0 Å². The Hall–Kier alpha value is -0.430. The summed E-state index contributed by atoms with van der Waals surface area (Å²) in [6.45, 7) is 10.5. The predicted octanol–water partition coefficient (Wildman–Crippen LogP) is 3.26. The molecule has 0 atom stereocenters. The number of anilines is 1. The summed E-state index contributed by atoms with van der Waals surface area (Å²) in [5.74, 6) is 1.85. The molecule has 0 saturated carbocycles. The summed E-state index contributed by atoms with van der Waals surface area (Å²) in [5, 5.41) is 3.41. The molecule has 1 aromatic rings. The third kappa shape index (κ3) is 4.87. The van der Waals surface area contributed by atoms with Gasteiger partial charge in [0.15, 0.2) is 0 Å². The summed E-state index contributed by atoms with van der Waals surface area (Å²) in [7, 11) is 4.08. The van der Waals surface area contributed by atoms with Gasteiger partial charge < -0.3 is 10.2 Å². The summed E-state index contributed by atoms with van der Waals surface area (Å²) in [5.41, 5.74) is 1.15. The molecule has 1 rings (SSSR count). The van der Waals surface area contributed by atoms with Gasteiger partial charge in [0.1, 0.15) is 11.6 Å². The molecule has 0 fully saturated rings. The normalized spacial score (nSPS) is 12.0. The molecule has 0 spiro atoms. The van der Waals surface area contributed by atoms with Crippen molar-refractivity contribution in [1.29, 1.82) is 0 Å². The van der Waals surface area contributed by atoms with Gasteiger partial charge in [-0.1, -0.05) is 27.7 Å². The van der Waals surface area contributed by atoms with Gasteiger partial charge in [-0.05, 0) is 43.1 Å². The second kappa shape index (κ2) is 6.83. The summed E-state index contributed by atoms with van der Waals surface area (Å²) >= 11 is 2.36. The first-order valence-corrected chi connectivity index (χ1v) is 7.79. The Bertz CT molecular complexity index is 424. The molecule has 1 aromatic heterocycles. The largest absolute Gasteiger partial charge is 0.369 e. The Balaban J connectivity index is 3.22. The van der Waals surface area contributed by atoms with Gasteiger partial charge in [0.2, 0.25) is 0 Å². The quantitative estimate of drug-likeness (QED) is 0.801. The fraction of sp³-hybridized carbons (Fsp3) is 0.714. The lowest BCUT2D eigenvalue weighted by Crippen LogP contribution is -2.22. The monoisotopic (exact) mass is 376 g/mol. The van der Waals surface area contributed by atoms with E-state index in [2.05, 4.69) is 65.5 Å². The van der Waals surface area contributed by atoms with Crippen LogP contribution in [0.3, 0.4) is 0 Å². The Morgan fingerprint density at radius 3 is 2.32 bits per heavy atom. The van der Waals surface area contributed by atoms with Gasteiger partial charge >= 0.3 is 0 Å². The molecule has 0 amide bonds. The number of aromatic nitrogens is 2. The van der Waals surface area contributed by atoms with Crippen molar-refractivity contribution in [3.63, 3.8) is 0 Å². The molecule has 5 heteroatoms. The van der Waals surface area contributed by atoms with Crippen molar-refractivity contribution in [2.45, 2.75) is 46.1 Å². The molecule has 0 aliphatic carbocycles. The Labute approximate surface area is 130 Å². The topological polar surface area (TPSA) is 41.1 Å². The standard InChI is InChI=1S/C14H25IN4/c1-7-8-16-13-11(15)12(14(2,3)4)17-10(18-13)9-19(5)6/h7-9H2,1-6H3,(H,16,17,18). The molecule has 0 unspecified atom stereocenters. The van der Waals surface area contributed by atoms with Crippen molar-refractivity contribution in [3.05, 3.63) is 15.1 Å². The second-order valence-electron chi connectivity index (χ2n) is 6.07. The Kier molecular flexibility index (Phi) is 5.98. The fourth-order valence-corrected chi connectivity index (χ4v) is 2.95. The minimum atomic E-state index is 0.0309. The summed E-state index contributed by atoms with van der Waals surface area (Å²) in [4.78, 5) is 11.5. The van der Waals surface area contributed by atoms with Crippen molar-refractivity contribution in [2.24, 2.45) is 0 Å². The van der Waals surface area contributed by atoms with E-state index in [0.717, 1.165) is 40.4 Å². The molecule has 0 saturated heterocycles. The van der Waals surface area contributed by atoms with E-state index in [1.807, 2.05) is 14.1 Å².